The molecule has 0 radical (unpaired) electrons. The number of carbonyl (C=O) groups is 1. The summed E-state index contributed by atoms with van der Waals surface area (Å²) in [5, 5.41) is 12.2. The molecule has 2 heterocycles. The fourth-order valence-electron chi connectivity index (χ4n) is 2.95. The van der Waals surface area contributed by atoms with Gasteiger partial charge in [0.2, 0.25) is 0 Å². The Labute approximate surface area is 126 Å². The van der Waals surface area contributed by atoms with Gasteiger partial charge in [0.1, 0.15) is 0 Å². The van der Waals surface area contributed by atoms with E-state index >= 15 is 0 Å². The predicted molar refractivity (Wildman–Crippen MR) is 83.5 cm³/mol. The maximum absolute atomic E-state index is 12.8. The maximum Gasteiger partial charge on any atom is 0.257 e. The number of pyridine rings is 1. The molecule has 0 aliphatic carbocycles. The highest BCUT2D eigenvalue weighted by atomic mass is 16.3. The lowest BCUT2D eigenvalue weighted by Crippen LogP contribution is -2.36. The topological polar surface area (TPSA) is 65.5 Å². The first-order valence-corrected chi connectivity index (χ1v) is 7.79. The highest BCUT2D eigenvalue weighted by Gasteiger charge is 2.30. The molecule has 1 unspecified atom stereocenters. The van der Waals surface area contributed by atoms with E-state index in [1.807, 2.05) is 24.8 Å². The number of aromatic nitrogens is 1. The lowest BCUT2D eigenvalue weighted by Gasteiger charge is -2.25. The van der Waals surface area contributed by atoms with Crippen molar-refractivity contribution in [2.24, 2.45) is 0 Å². The second-order valence-electron chi connectivity index (χ2n) is 5.56. The molecule has 1 aromatic heterocycles. The third-order valence-corrected chi connectivity index (χ3v) is 3.97. The summed E-state index contributed by atoms with van der Waals surface area (Å²) in [4.78, 5) is 19.0. The Morgan fingerprint density at radius 1 is 1.57 bits per heavy atom. The molecule has 0 bridgehead atoms. The van der Waals surface area contributed by atoms with Crippen LogP contribution in [0.5, 0.6) is 0 Å². The molecule has 116 valence electrons. The minimum Gasteiger partial charge on any atom is -0.396 e. The summed E-state index contributed by atoms with van der Waals surface area (Å²) in [5.74, 6) is 0.0545. The van der Waals surface area contributed by atoms with Crippen LogP contribution in [0.25, 0.3) is 0 Å². The van der Waals surface area contributed by atoms with Gasteiger partial charge >= 0.3 is 0 Å². The zero-order valence-electron chi connectivity index (χ0n) is 12.9. The molecular formula is C16H25N3O2. The molecule has 1 aliphatic heterocycles. The third kappa shape index (κ3) is 3.73. The second-order valence-corrected chi connectivity index (χ2v) is 5.56. The van der Waals surface area contributed by atoms with Gasteiger partial charge in [0.25, 0.3) is 5.91 Å². The first-order valence-electron chi connectivity index (χ1n) is 7.79. The third-order valence-electron chi connectivity index (χ3n) is 3.97. The SMILES string of the molecule is CCNc1cc(C)ncc1C(=O)N1CCCC1CCCO. The summed E-state index contributed by atoms with van der Waals surface area (Å²) in [5.41, 5.74) is 2.42. The van der Waals surface area contributed by atoms with Gasteiger partial charge in [-0.15, -0.1) is 0 Å². The molecule has 5 nitrogen and oxygen atoms in total. The average Bonchev–Trinajstić information content (AvgIpc) is 2.93. The van der Waals surface area contributed by atoms with E-state index in [9.17, 15) is 4.79 Å². The molecule has 1 atom stereocenters. The summed E-state index contributed by atoms with van der Waals surface area (Å²) >= 11 is 0. The van der Waals surface area contributed by atoms with Gasteiger partial charge in [0, 0.05) is 37.6 Å². The largest absolute Gasteiger partial charge is 0.396 e. The lowest BCUT2D eigenvalue weighted by atomic mass is 10.1. The first-order chi connectivity index (χ1) is 10.2. The number of nitrogens with zero attached hydrogens (tertiary/aromatic N) is 2. The van der Waals surface area contributed by atoms with E-state index in [4.69, 9.17) is 5.11 Å². The van der Waals surface area contributed by atoms with E-state index in [-0.39, 0.29) is 18.6 Å². The molecule has 1 fully saturated rings. The molecule has 1 amide bonds. The maximum atomic E-state index is 12.8. The van der Waals surface area contributed by atoms with Gasteiger partial charge in [-0.05, 0) is 45.6 Å². The minimum absolute atomic E-state index is 0.0545. The van der Waals surface area contributed by atoms with Crippen LogP contribution < -0.4 is 5.32 Å². The Balaban J connectivity index is 2.18. The molecule has 0 aromatic carbocycles. The Bertz CT molecular complexity index is 490. The second kappa shape index (κ2) is 7.41. The van der Waals surface area contributed by atoms with Crippen molar-refractivity contribution in [2.45, 2.75) is 45.6 Å². The zero-order valence-corrected chi connectivity index (χ0v) is 12.9. The molecule has 2 rings (SSSR count). The monoisotopic (exact) mass is 291 g/mol. The summed E-state index contributed by atoms with van der Waals surface area (Å²) in [6.07, 6.45) is 5.37. The smallest absolute Gasteiger partial charge is 0.257 e. The number of rotatable bonds is 6. The highest BCUT2D eigenvalue weighted by molar-refractivity contribution is 5.99. The molecule has 5 heteroatoms. The van der Waals surface area contributed by atoms with Gasteiger partial charge in [-0.3, -0.25) is 9.78 Å². The van der Waals surface area contributed by atoms with Crippen LogP contribution >= 0.6 is 0 Å². The summed E-state index contributed by atoms with van der Waals surface area (Å²) in [6.45, 7) is 5.71. The van der Waals surface area contributed by atoms with Gasteiger partial charge in [-0.1, -0.05) is 0 Å². The van der Waals surface area contributed by atoms with Crippen molar-refractivity contribution in [3.8, 4) is 0 Å². The molecule has 0 saturated carbocycles. The number of carbonyl (C=O) groups excluding carboxylic acids is 1. The van der Waals surface area contributed by atoms with Gasteiger partial charge in [-0.25, -0.2) is 0 Å². The van der Waals surface area contributed by atoms with Crippen molar-refractivity contribution in [3.05, 3.63) is 23.5 Å². The standard InChI is InChI=1S/C16H25N3O2/c1-3-17-15-10-12(2)18-11-14(15)16(21)19-8-4-6-13(19)7-5-9-20/h10-11,13,20H,3-9H2,1-2H3,(H,17,18). The number of aryl methyl sites for hydroxylation is 1. The van der Waals surface area contributed by atoms with Crippen LogP contribution in [0, 0.1) is 6.92 Å². The number of hydrogen-bond donors (Lipinski definition) is 2. The van der Waals surface area contributed by atoms with Crippen LogP contribution in [0.3, 0.4) is 0 Å². The number of hydrogen-bond acceptors (Lipinski definition) is 4. The van der Waals surface area contributed by atoms with Crippen molar-refractivity contribution in [1.29, 1.82) is 0 Å². The minimum atomic E-state index is 0.0545. The number of aliphatic hydroxyl groups excluding tert-OH is 1. The highest BCUT2D eigenvalue weighted by Crippen LogP contribution is 2.26. The number of likely N-dealkylation sites (tertiary alicyclic amines) is 1. The zero-order chi connectivity index (χ0) is 15.2. The van der Waals surface area contributed by atoms with Crippen LogP contribution in [0.2, 0.25) is 0 Å². The molecule has 2 N–H and O–H groups in total. The first kappa shape index (κ1) is 15.8. The lowest BCUT2D eigenvalue weighted by molar-refractivity contribution is 0.0725. The fraction of sp³-hybridized carbons (Fsp3) is 0.625. The van der Waals surface area contributed by atoms with Crippen LogP contribution in [-0.4, -0.2) is 46.6 Å². The van der Waals surface area contributed by atoms with Crippen LogP contribution in [0.4, 0.5) is 5.69 Å². The molecule has 1 saturated heterocycles. The van der Waals surface area contributed by atoms with Crippen LogP contribution in [0.15, 0.2) is 12.3 Å². The normalized spacial score (nSPS) is 18.0. The average molecular weight is 291 g/mol. The molecule has 1 aromatic rings. The van der Waals surface area contributed by atoms with E-state index in [1.54, 1.807) is 6.20 Å². The van der Waals surface area contributed by atoms with Gasteiger partial charge in [-0.2, -0.15) is 0 Å². The Kier molecular flexibility index (Phi) is 5.56. The van der Waals surface area contributed by atoms with Crippen LogP contribution in [-0.2, 0) is 0 Å². The van der Waals surface area contributed by atoms with Gasteiger partial charge < -0.3 is 15.3 Å². The van der Waals surface area contributed by atoms with Crippen LogP contribution in [0.1, 0.15) is 48.7 Å². The van der Waals surface area contributed by atoms with E-state index in [1.165, 1.54) is 0 Å². The Morgan fingerprint density at radius 3 is 3.10 bits per heavy atom. The van der Waals surface area contributed by atoms with E-state index in [0.717, 1.165) is 50.2 Å². The van der Waals surface area contributed by atoms with E-state index < -0.39 is 0 Å². The predicted octanol–water partition coefficient (Wildman–Crippen LogP) is 2.20. The van der Waals surface area contributed by atoms with E-state index in [2.05, 4.69) is 10.3 Å². The number of aliphatic hydroxyl groups is 1. The van der Waals surface area contributed by atoms with E-state index in [0.29, 0.717) is 5.56 Å². The number of amides is 1. The molecule has 0 spiro atoms. The van der Waals surface area contributed by atoms with Crippen molar-refractivity contribution >= 4 is 11.6 Å². The summed E-state index contributed by atoms with van der Waals surface area (Å²) in [7, 11) is 0. The summed E-state index contributed by atoms with van der Waals surface area (Å²) < 4.78 is 0. The number of nitrogens with one attached hydrogen (secondary N) is 1. The molecular weight excluding hydrogens is 266 g/mol. The van der Waals surface area contributed by atoms with Gasteiger partial charge in [0.05, 0.1) is 11.3 Å². The van der Waals surface area contributed by atoms with Gasteiger partial charge in [0.15, 0.2) is 0 Å². The number of anilines is 1. The molecule has 21 heavy (non-hydrogen) atoms. The van der Waals surface area contributed by atoms with Crippen molar-refractivity contribution in [2.75, 3.05) is 25.0 Å². The molecule has 1 aliphatic rings. The quantitative estimate of drug-likeness (QED) is 0.843. The van der Waals surface area contributed by atoms with Crippen molar-refractivity contribution in [1.82, 2.24) is 9.88 Å². The van der Waals surface area contributed by atoms with Crippen molar-refractivity contribution < 1.29 is 9.90 Å². The van der Waals surface area contributed by atoms with Crippen molar-refractivity contribution in [3.63, 3.8) is 0 Å². The Hall–Kier alpha value is -1.62. The summed E-state index contributed by atoms with van der Waals surface area (Å²) in [6, 6.07) is 2.18. The fourth-order valence-corrected chi connectivity index (χ4v) is 2.95. The Morgan fingerprint density at radius 2 is 2.38 bits per heavy atom.